The van der Waals surface area contributed by atoms with Gasteiger partial charge < -0.3 is 9.47 Å². The highest BCUT2D eigenvalue weighted by Gasteiger charge is 2.33. The van der Waals surface area contributed by atoms with Gasteiger partial charge in [0.25, 0.3) is 5.91 Å². The van der Waals surface area contributed by atoms with Gasteiger partial charge >= 0.3 is 0 Å². The summed E-state index contributed by atoms with van der Waals surface area (Å²) >= 11 is 0. The molecular formula is C20H24N6O. The number of carbonyl (C=O) groups is 1. The van der Waals surface area contributed by atoms with E-state index in [4.69, 9.17) is 4.98 Å². The fraction of sp³-hybridized carbons (Fsp3) is 0.500. The van der Waals surface area contributed by atoms with Crippen molar-refractivity contribution in [3.8, 4) is 0 Å². The van der Waals surface area contributed by atoms with Crippen molar-refractivity contribution < 1.29 is 4.79 Å². The number of hydrogen-bond acceptors (Lipinski definition) is 4. The van der Waals surface area contributed by atoms with Crippen LogP contribution in [0.1, 0.15) is 53.3 Å². The zero-order valence-electron chi connectivity index (χ0n) is 15.8. The van der Waals surface area contributed by atoms with Crippen molar-refractivity contribution in [2.75, 3.05) is 6.54 Å². The molecule has 0 bridgehead atoms. The Kier molecular flexibility index (Phi) is 3.77. The normalized spacial score (nSPS) is 19.9. The zero-order valence-corrected chi connectivity index (χ0v) is 15.8. The van der Waals surface area contributed by atoms with Gasteiger partial charge in [0.05, 0.1) is 23.0 Å². The number of aryl methyl sites for hydroxylation is 2. The molecule has 4 heterocycles. The number of rotatable bonds is 4. The lowest BCUT2D eigenvalue weighted by Gasteiger charge is -2.25. The average molecular weight is 364 g/mol. The number of aromatic nitrogens is 5. The van der Waals surface area contributed by atoms with Crippen molar-refractivity contribution in [3.63, 3.8) is 0 Å². The van der Waals surface area contributed by atoms with Crippen LogP contribution >= 0.6 is 0 Å². The third-order valence-electron chi connectivity index (χ3n) is 5.83. The highest BCUT2D eigenvalue weighted by Crippen LogP contribution is 2.40. The van der Waals surface area contributed by atoms with Crippen molar-refractivity contribution in [2.45, 2.75) is 51.1 Å². The van der Waals surface area contributed by atoms with E-state index in [9.17, 15) is 4.79 Å². The molecule has 0 unspecified atom stereocenters. The Labute approximate surface area is 158 Å². The number of fused-ring (bicyclic) bond motifs is 1. The summed E-state index contributed by atoms with van der Waals surface area (Å²) < 4.78 is 3.86. The van der Waals surface area contributed by atoms with Gasteiger partial charge in [-0.05, 0) is 38.7 Å². The molecule has 5 rings (SSSR count). The Morgan fingerprint density at radius 3 is 2.89 bits per heavy atom. The molecule has 2 aliphatic rings. The Balaban J connectivity index is 1.54. The van der Waals surface area contributed by atoms with E-state index in [0.29, 0.717) is 5.92 Å². The summed E-state index contributed by atoms with van der Waals surface area (Å²) in [6.07, 6.45) is 9.96. The van der Waals surface area contributed by atoms with Crippen LogP contribution in [0, 0.1) is 6.92 Å². The van der Waals surface area contributed by atoms with Gasteiger partial charge in [-0.1, -0.05) is 0 Å². The summed E-state index contributed by atoms with van der Waals surface area (Å²) in [6, 6.07) is 2.24. The molecule has 1 saturated heterocycles. The summed E-state index contributed by atoms with van der Waals surface area (Å²) in [5.41, 5.74) is 3.51. The smallest absolute Gasteiger partial charge is 0.255 e. The lowest BCUT2D eigenvalue weighted by molar-refractivity contribution is 0.0726. The van der Waals surface area contributed by atoms with Crippen LogP contribution in [0.3, 0.4) is 0 Å². The maximum absolute atomic E-state index is 13.6. The third-order valence-corrected chi connectivity index (χ3v) is 5.83. The second kappa shape index (κ2) is 6.18. The minimum absolute atomic E-state index is 0.114. The lowest BCUT2D eigenvalue weighted by atomic mass is 10.1. The van der Waals surface area contributed by atoms with Crippen LogP contribution in [0.4, 0.5) is 0 Å². The molecule has 2 fully saturated rings. The van der Waals surface area contributed by atoms with Gasteiger partial charge in [-0.2, -0.15) is 5.10 Å². The van der Waals surface area contributed by atoms with Gasteiger partial charge in [0.15, 0.2) is 5.65 Å². The highest BCUT2D eigenvalue weighted by molar-refractivity contribution is 6.06. The predicted molar refractivity (Wildman–Crippen MR) is 102 cm³/mol. The summed E-state index contributed by atoms with van der Waals surface area (Å²) in [6.45, 7) is 3.56. The number of imidazole rings is 1. The standard InChI is InChI=1S/C20H24N6O/c1-13-18-16(10-17(14-5-6-14)22-19(18)24(2)23-13)20(27)26-8-3-4-15(26)11-25-9-7-21-12-25/h7,9-10,12,14-15H,3-6,8,11H2,1-2H3/t15-/m1/s1. The molecule has 7 nitrogen and oxygen atoms in total. The summed E-state index contributed by atoms with van der Waals surface area (Å²) in [4.78, 5) is 24.6. The van der Waals surface area contributed by atoms with Crippen molar-refractivity contribution >= 4 is 16.9 Å². The van der Waals surface area contributed by atoms with Crippen molar-refractivity contribution in [1.82, 2.24) is 29.2 Å². The molecule has 0 radical (unpaired) electrons. The van der Waals surface area contributed by atoms with E-state index in [1.54, 1.807) is 10.9 Å². The first kappa shape index (κ1) is 16.5. The predicted octanol–water partition coefficient (Wildman–Crippen LogP) is 2.66. The van der Waals surface area contributed by atoms with E-state index in [2.05, 4.69) is 14.6 Å². The first-order valence-electron chi connectivity index (χ1n) is 9.73. The van der Waals surface area contributed by atoms with Gasteiger partial charge in [-0.25, -0.2) is 9.97 Å². The number of pyridine rings is 1. The third kappa shape index (κ3) is 2.81. The van der Waals surface area contributed by atoms with E-state index in [1.165, 1.54) is 0 Å². The van der Waals surface area contributed by atoms with Crippen LogP contribution < -0.4 is 0 Å². The molecule has 1 atom stereocenters. The fourth-order valence-corrected chi connectivity index (χ4v) is 4.31. The Morgan fingerprint density at radius 2 is 2.15 bits per heavy atom. The van der Waals surface area contributed by atoms with E-state index in [1.807, 2.05) is 37.5 Å². The molecule has 0 N–H and O–H groups in total. The summed E-state index contributed by atoms with van der Waals surface area (Å²) in [7, 11) is 1.91. The van der Waals surface area contributed by atoms with E-state index >= 15 is 0 Å². The minimum atomic E-state index is 0.114. The van der Waals surface area contributed by atoms with Crippen molar-refractivity contribution in [2.24, 2.45) is 7.05 Å². The molecule has 1 aliphatic heterocycles. The zero-order chi connectivity index (χ0) is 18.5. The molecule has 27 heavy (non-hydrogen) atoms. The van der Waals surface area contributed by atoms with Gasteiger partial charge in [-0.15, -0.1) is 0 Å². The molecule has 0 aromatic carbocycles. The Morgan fingerprint density at radius 1 is 1.30 bits per heavy atom. The van der Waals surface area contributed by atoms with Gasteiger partial charge in [-0.3, -0.25) is 9.48 Å². The second-order valence-electron chi connectivity index (χ2n) is 7.83. The van der Waals surface area contributed by atoms with E-state index in [-0.39, 0.29) is 11.9 Å². The first-order valence-corrected chi connectivity index (χ1v) is 9.73. The number of likely N-dealkylation sites (tertiary alicyclic amines) is 1. The van der Waals surface area contributed by atoms with Crippen LogP contribution in [0.15, 0.2) is 24.8 Å². The molecule has 7 heteroatoms. The number of hydrogen-bond donors (Lipinski definition) is 0. The SMILES string of the molecule is Cc1nn(C)c2nc(C3CC3)cc(C(=O)N3CCC[C@@H]3Cn3ccnc3)c12. The van der Waals surface area contributed by atoms with Crippen LogP contribution in [-0.2, 0) is 13.6 Å². The molecule has 3 aromatic heterocycles. The van der Waals surface area contributed by atoms with Crippen LogP contribution in [0.25, 0.3) is 11.0 Å². The lowest BCUT2D eigenvalue weighted by Crippen LogP contribution is -2.38. The van der Waals surface area contributed by atoms with Crippen molar-refractivity contribution in [3.05, 3.63) is 41.7 Å². The molecule has 1 aliphatic carbocycles. The fourth-order valence-electron chi connectivity index (χ4n) is 4.31. The molecule has 1 amide bonds. The number of nitrogens with zero attached hydrogens (tertiary/aromatic N) is 6. The Bertz CT molecular complexity index is 1000. The molecule has 0 spiro atoms. The Hall–Kier alpha value is -2.70. The quantitative estimate of drug-likeness (QED) is 0.714. The van der Waals surface area contributed by atoms with Crippen LogP contribution in [0.5, 0.6) is 0 Å². The van der Waals surface area contributed by atoms with Crippen LogP contribution in [-0.4, -0.2) is 47.7 Å². The first-order chi connectivity index (χ1) is 13.1. The maximum Gasteiger partial charge on any atom is 0.255 e. The van der Waals surface area contributed by atoms with Gasteiger partial charge in [0.1, 0.15) is 0 Å². The summed E-state index contributed by atoms with van der Waals surface area (Å²) in [5.74, 6) is 0.611. The average Bonchev–Trinajstić information content (AvgIpc) is 3.06. The monoisotopic (exact) mass is 364 g/mol. The molecular weight excluding hydrogens is 340 g/mol. The van der Waals surface area contributed by atoms with E-state index < -0.39 is 0 Å². The van der Waals surface area contributed by atoms with Crippen molar-refractivity contribution in [1.29, 1.82) is 0 Å². The van der Waals surface area contributed by atoms with Crippen LogP contribution in [0.2, 0.25) is 0 Å². The molecule has 1 saturated carbocycles. The number of amides is 1. The minimum Gasteiger partial charge on any atom is -0.335 e. The molecule has 140 valence electrons. The largest absolute Gasteiger partial charge is 0.335 e. The molecule has 3 aromatic rings. The highest BCUT2D eigenvalue weighted by atomic mass is 16.2. The second-order valence-corrected chi connectivity index (χ2v) is 7.83. The maximum atomic E-state index is 13.6. The number of carbonyl (C=O) groups excluding carboxylic acids is 1. The topological polar surface area (TPSA) is 68.8 Å². The van der Waals surface area contributed by atoms with Gasteiger partial charge in [0.2, 0.25) is 0 Å². The summed E-state index contributed by atoms with van der Waals surface area (Å²) in [5, 5.41) is 5.43. The van der Waals surface area contributed by atoms with E-state index in [0.717, 1.165) is 66.8 Å². The van der Waals surface area contributed by atoms with Gasteiger partial charge in [0, 0.05) is 50.2 Å².